The van der Waals surface area contributed by atoms with E-state index in [1.165, 1.54) is 5.56 Å². The Morgan fingerprint density at radius 3 is 2.05 bits per heavy atom. The fourth-order valence-corrected chi connectivity index (χ4v) is 2.55. The van der Waals surface area contributed by atoms with Crippen LogP contribution in [0.1, 0.15) is 42.6 Å². The summed E-state index contributed by atoms with van der Waals surface area (Å²) in [5, 5.41) is 10.5. The Kier molecular flexibility index (Phi) is 5.54. The van der Waals surface area contributed by atoms with Crippen molar-refractivity contribution in [2.45, 2.75) is 38.4 Å². The van der Waals surface area contributed by atoms with Crippen molar-refractivity contribution in [2.24, 2.45) is 0 Å². The van der Waals surface area contributed by atoms with Crippen LogP contribution in [-0.2, 0) is 11.2 Å². The summed E-state index contributed by atoms with van der Waals surface area (Å²) in [5.74, 6) is 0.528. The Labute approximate surface area is 127 Å². The molecular weight excluding hydrogens is 260 g/mol. The van der Waals surface area contributed by atoms with Gasteiger partial charge in [0.05, 0.1) is 6.10 Å². The van der Waals surface area contributed by atoms with Gasteiger partial charge in [-0.15, -0.1) is 0 Å². The maximum atomic E-state index is 10.5. The van der Waals surface area contributed by atoms with E-state index in [9.17, 15) is 5.11 Å². The molecule has 0 aliphatic rings. The minimum atomic E-state index is -0.553. The molecule has 2 nitrogen and oxygen atoms in total. The molecule has 2 unspecified atom stereocenters. The third-order valence-corrected chi connectivity index (χ3v) is 3.82. The van der Waals surface area contributed by atoms with Gasteiger partial charge in [-0.05, 0) is 22.6 Å². The molecule has 2 heteroatoms. The van der Waals surface area contributed by atoms with Gasteiger partial charge in [0.1, 0.15) is 6.10 Å². The van der Waals surface area contributed by atoms with E-state index in [2.05, 4.69) is 38.1 Å². The van der Waals surface area contributed by atoms with Gasteiger partial charge in [0, 0.05) is 13.5 Å². The average Bonchev–Trinajstić information content (AvgIpc) is 2.49. The molecule has 0 aliphatic heterocycles. The highest BCUT2D eigenvalue weighted by Crippen LogP contribution is 2.23. The molecule has 112 valence electrons. The van der Waals surface area contributed by atoms with E-state index in [4.69, 9.17) is 4.74 Å². The zero-order chi connectivity index (χ0) is 15.2. The van der Waals surface area contributed by atoms with Gasteiger partial charge >= 0.3 is 0 Å². The largest absolute Gasteiger partial charge is 0.390 e. The first kappa shape index (κ1) is 15.7. The molecule has 0 bridgehead atoms. The van der Waals surface area contributed by atoms with E-state index in [1.807, 2.05) is 30.3 Å². The summed E-state index contributed by atoms with van der Waals surface area (Å²) in [7, 11) is 1.64. The lowest BCUT2D eigenvalue weighted by atomic mass is 9.96. The third-order valence-electron chi connectivity index (χ3n) is 3.82. The Bertz CT molecular complexity index is 531. The zero-order valence-corrected chi connectivity index (χ0v) is 13.0. The topological polar surface area (TPSA) is 29.5 Å². The van der Waals surface area contributed by atoms with Gasteiger partial charge in [0.2, 0.25) is 0 Å². The summed E-state index contributed by atoms with van der Waals surface area (Å²) < 4.78 is 5.48. The zero-order valence-electron chi connectivity index (χ0n) is 13.0. The van der Waals surface area contributed by atoms with Crippen LogP contribution in [0.2, 0.25) is 0 Å². The van der Waals surface area contributed by atoms with Crippen molar-refractivity contribution in [3.05, 3.63) is 71.3 Å². The van der Waals surface area contributed by atoms with E-state index in [0.717, 1.165) is 11.1 Å². The van der Waals surface area contributed by atoms with Crippen LogP contribution in [0.25, 0.3) is 0 Å². The van der Waals surface area contributed by atoms with Crippen LogP contribution in [0.15, 0.2) is 54.6 Å². The molecule has 0 aromatic heterocycles. The summed E-state index contributed by atoms with van der Waals surface area (Å²) in [4.78, 5) is 0. The second-order valence-electron chi connectivity index (χ2n) is 5.73. The summed E-state index contributed by atoms with van der Waals surface area (Å²) >= 11 is 0. The molecule has 0 radical (unpaired) electrons. The number of aliphatic hydroxyl groups excluding tert-OH is 1. The van der Waals surface area contributed by atoms with Gasteiger partial charge in [-0.3, -0.25) is 0 Å². The van der Waals surface area contributed by atoms with Crippen molar-refractivity contribution in [3.8, 4) is 0 Å². The lowest BCUT2D eigenvalue weighted by Gasteiger charge is -2.22. The molecule has 2 aromatic carbocycles. The highest BCUT2D eigenvalue weighted by molar-refractivity contribution is 5.26. The third kappa shape index (κ3) is 4.16. The van der Waals surface area contributed by atoms with Crippen LogP contribution in [0.5, 0.6) is 0 Å². The minimum Gasteiger partial charge on any atom is -0.390 e. The molecular formula is C19H24O2. The number of benzene rings is 2. The number of methoxy groups -OCH3 is 1. The normalized spacial score (nSPS) is 14.1. The van der Waals surface area contributed by atoms with Crippen molar-refractivity contribution in [1.29, 1.82) is 0 Å². The molecule has 21 heavy (non-hydrogen) atoms. The molecule has 0 spiro atoms. The highest BCUT2D eigenvalue weighted by atomic mass is 16.5. The highest BCUT2D eigenvalue weighted by Gasteiger charge is 2.20. The van der Waals surface area contributed by atoms with E-state index < -0.39 is 6.10 Å². The van der Waals surface area contributed by atoms with Crippen molar-refractivity contribution in [1.82, 2.24) is 0 Å². The molecule has 1 N–H and O–H groups in total. The van der Waals surface area contributed by atoms with E-state index in [1.54, 1.807) is 7.11 Å². The maximum Gasteiger partial charge on any atom is 0.108 e. The predicted octanol–water partition coefficient (Wildman–Crippen LogP) is 4.10. The van der Waals surface area contributed by atoms with Crippen LogP contribution < -0.4 is 0 Å². The van der Waals surface area contributed by atoms with E-state index in [0.29, 0.717) is 12.3 Å². The summed E-state index contributed by atoms with van der Waals surface area (Å²) in [6.07, 6.45) is -0.260. The Hall–Kier alpha value is -1.64. The lowest BCUT2D eigenvalue weighted by Crippen LogP contribution is -2.22. The fourth-order valence-electron chi connectivity index (χ4n) is 2.55. The van der Waals surface area contributed by atoms with Gasteiger partial charge in [-0.1, -0.05) is 68.4 Å². The molecule has 2 aromatic rings. The van der Waals surface area contributed by atoms with Gasteiger partial charge in [0.25, 0.3) is 0 Å². The summed E-state index contributed by atoms with van der Waals surface area (Å²) in [5.41, 5.74) is 3.45. The quantitative estimate of drug-likeness (QED) is 0.865. The molecule has 0 saturated carbocycles. The second kappa shape index (κ2) is 7.39. The molecule has 0 heterocycles. The first-order chi connectivity index (χ1) is 10.1. The number of aliphatic hydroxyl groups is 1. The Morgan fingerprint density at radius 1 is 0.905 bits per heavy atom. The molecule has 0 saturated heterocycles. The molecule has 2 rings (SSSR count). The fraction of sp³-hybridized carbons (Fsp3) is 0.368. The van der Waals surface area contributed by atoms with Gasteiger partial charge in [0.15, 0.2) is 0 Å². The van der Waals surface area contributed by atoms with Crippen LogP contribution in [-0.4, -0.2) is 18.3 Å². The molecule has 0 amide bonds. The minimum absolute atomic E-state index is 0.295. The van der Waals surface area contributed by atoms with Crippen LogP contribution >= 0.6 is 0 Å². The van der Waals surface area contributed by atoms with Crippen LogP contribution in [0.3, 0.4) is 0 Å². The van der Waals surface area contributed by atoms with Crippen LogP contribution in [0, 0.1) is 0 Å². The monoisotopic (exact) mass is 284 g/mol. The Morgan fingerprint density at radius 2 is 1.52 bits per heavy atom. The molecule has 0 aliphatic carbocycles. The van der Waals surface area contributed by atoms with E-state index in [-0.39, 0.29) is 6.10 Å². The first-order valence-electron chi connectivity index (χ1n) is 7.46. The Balaban J connectivity index is 2.07. The lowest BCUT2D eigenvalue weighted by molar-refractivity contribution is -0.0128. The summed E-state index contributed by atoms with van der Waals surface area (Å²) in [6, 6.07) is 18.3. The molecule has 0 fully saturated rings. The van der Waals surface area contributed by atoms with Crippen LogP contribution in [0.4, 0.5) is 0 Å². The van der Waals surface area contributed by atoms with E-state index >= 15 is 0 Å². The SMILES string of the molecule is COC(c1ccccc1)C(O)Cc1ccc(C(C)C)cc1. The number of ether oxygens (including phenoxy) is 1. The number of rotatable bonds is 6. The van der Waals surface area contributed by atoms with Crippen molar-refractivity contribution < 1.29 is 9.84 Å². The second-order valence-corrected chi connectivity index (χ2v) is 5.73. The summed E-state index contributed by atoms with van der Waals surface area (Å²) in [6.45, 7) is 4.36. The average molecular weight is 284 g/mol. The first-order valence-corrected chi connectivity index (χ1v) is 7.46. The molecule has 2 atom stereocenters. The van der Waals surface area contributed by atoms with Gasteiger partial charge in [-0.2, -0.15) is 0 Å². The number of hydrogen-bond donors (Lipinski definition) is 1. The van der Waals surface area contributed by atoms with Gasteiger partial charge < -0.3 is 9.84 Å². The standard InChI is InChI=1S/C19H24O2/c1-14(2)16-11-9-15(10-12-16)13-18(20)19(21-3)17-7-5-4-6-8-17/h4-12,14,18-20H,13H2,1-3H3. The predicted molar refractivity (Wildman–Crippen MR) is 86.4 cm³/mol. The van der Waals surface area contributed by atoms with Gasteiger partial charge in [-0.25, -0.2) is 0 Å². The smallest absolute Gasteiger partial charge is 0.108 e. The van der Waals surface area contributed by atoms with Crippen molar-refractivity contribution in [2.75, 3.05) is 7.11 Å². The van der Waals surface area contributed by atoms with Crippen molar-refractivity contribution in [3.63, 3.8) is 0 Å². The maximum absolute atomic E-state index is 10.5. The number of hydrogen-bond acceptors (Lipinski definition) is 2. The van der Waals surface area contributed by atoms with Crippen molar-refractivity contribution >= 4 is 0 Å².